The molecule has 0 aromatic heterocycles. The third-order valence-electron chi connectivity index (χ3n) is 3.91. The van der Waals surface area contributed by atoms with Crippen LogP contribution in [0.1, 0.15) is 44.2 Å². The Labute approximate surface area is 125 Å². The first-order valence-corrected chi connectivity index (χ1v) is 8.30. The van der Waals surface area contributed by atoms with Gasteiger partial charge >= 0.3 is 0 Å². The zero-order valence-electron chi connectivity index (χ0n) is 11.9. The van der Waals surface area contributed by atoms with E-state index in [1.807, 2.05) is 0 Å². The van der Waals surface area contributed by atoms with E-state index in [1.54, 1.807) is 0 Å². The maximum Gasteiger partial charge on any atom is 0.0332 e. The molecular weight excluding hydrogens is 300 g/mol. The molecule has 0 aliphatic carbocycles. The van der Waals surface area contributed by atoms with Crippen LogP contribution in [0.2, 0.25) is 0 Å². The van der Waals surface area contributed by atoms with Crippen LogP contribution in [0.5, 0.6) is 0 Å². The highest BCUT2D eigenvalue weighted by Gasteiger charge is 2.14. The molecule has 1 N–H and O–H groups in total. The second-order valence-corrected chi connectivity index (χ2v) is 6.27. The molecule has 1 aromatic rings. The van der Waals surface area contributed by atoms with Gasteiger partial charge in [-0.25, -0.2) is 0 Å². The van der Waals surface area contributed by atoms with Gasteiger partial charge in [0.15, 0.2) is 0 Å². The zero-order valence-corrected chi connectivity index (χ0v) is 13.5. The number of hydrogen-bond acceptors (Lipinski definition) is 2. The Kier molecular flexibility index (Phi) is 6.35. The average Bonchev–Trinajstić information content (AvgIpc) is 2.46. The zero-order chi connectivity index (χ0) is 13.5. The summed E-state index contributed by atoms with van der Waals surface area (Å²) < 4.78 is 1.16. The minimum atomic E-state index is 0.486. The summed E-state index contributed by atoms with van der Waals surface area (Å²) in [6.07, 6.45) is 5.38. The Bertz CT molecular complexity index is 358. The fraction of sp³-hybridized carbons (Fsp3) is 0.625. The number of halogens is 1. The topological polar surface area (TPSA) is 15.3 Å². The standard InChI is InChI=1S/C16H25BrN2/c1-2-18-16(14-6-8-15(17)9-7-14)10-13-19-11-4-3-5-12-19/h6-9,16,18H,2-5,10-13H2,1H3. The van der Waals surface area contributed by atoms with Crippen molar-refractivity contribution >= 4 is 15.9 Å². The van der Waals surface area contributed by atoms with Crippen molar-refractivity contribution in [3.8, 4) is 0 Å². The molecule has 1 aliphatic rings. The minimum absolute atomic E-state index is 0.486. The number of hydrogen-bond donors (Lipinski definition) is 1. The van der Waals surface area contributed by atoms with E-state index >= 15 is 0 Å². The molecule has 0 spiro atoms. The summed E-state index contributed by atoms with van der Waals surface area (Å²) in [4.78, 5) is 2.62. The molecule has 1 atom stereocenters. The Morgan fingerprint density at radius 3 is 2.47 bits per heavy atom. The SMILES string of the molecule is CCNC(CCN1CCCCC1)c1ccc(Br)cc1. The van der Waals surface area contributed by atoms with Crippen LogP contribution in [0, 0.1) is 0 Å². The maximum absolute atomic E-state index is 3.62. The van der Waals surface area contributed by atoms with Gasteiger partial charge in [-0.05, 0) is 63.1 Å². The highest BCUT2D eigenvalue weighted by atomic mass is 79.9. The van der Waals surface area contributed by atoms with Crippen molar-refractivity contribution in [3.05, 3.63) is 34.3 Å². The number of rotatable bonds is 6. The van der Waals surface area contributed by atoms with Gasteiger partial charge in [0.25, 0.3) is 0 Å². The van der Waals surface area contributed by atoms with Crippen LogP contribution in [0.15, 0.2) is 28.7 Å². The number of likely N-dealkylation sites (tertiary alicyclic amines) is 1. The van der Waals surface area contributed by atoms with Crippen LogP contribution in [-0.2, 0) is 0 Å². The first-order valence-electron chi connectivity index (χ1n) is 7.51. The van der Waals surface area contributed by atoms with Crippen molar-refractivity contribution in [1.82, 2.24) is 10.2 Å². The minimum Gasteiger partial charge on any atom is -0.310 e. The second kappa shape index (κ2) is 8.03. The molecule has 1 aromatic carbocycles. The number of nitrogens with zero attached hydrogens (tertiary/aromatic N) is 1. The van der Waals surface area contributed by atoms with Gasteiger partial charge in [-0.15, -0.1) is 0 Å². The van der Waals surface area contributed by atoms with Crippen LogP contribution in [-0.4, -0.2) is 31.1 Å². The Morgan fingerprint density at radius 1 is 1.16 bits per heavy atom. The summed E-state index contributed by atoms with van der Waals surface area (Å²) in [5.41, 5.74) is 1.40. The predicted molar refractivity (Wildman–Crippen MR) is 85.5 cm³/mol. The molecule has 1 fully saturated rings. The van der Waals surface area contributed by atoms with Gasteiger partial charge in [0, 0.05) is 10.5 Å². The number of benzene rings is 1. The van der Waals surface area contributed by atoms with E-state index < -0.39 is 0 Å². The van der Waals surface area contributed by atoms with Crippen molar-refractivity contribution in [3.63, 3.8) is 0 Å². The van der Waals surface area contributed by atoms with Crippen molar-refractivity contribution in [2.24, 2.45) is 0 Å². The first-order chi connectivity index (χ1) is 9.29. The molecule has 1 unspecified atom stereocenters. The number of nitrogens with one attached hydrogen (secondary N) is 1. The number of piperidine rings is 1. The molecule has 1 heterocycles. The van der Waals surface area contributed by atoms with Crippen molar-refractivity contribution in [2.45, 2.75) is 38.6 Å². The normalized spacial score (nSPS) is 18.4. The van der Waals surface area contributed by atoms with E-state index in [9.17, 15) is 0 Å². The smallest absolute Gasteiger partial charge is 0.0332 e. The molecule has 0 radical (unpaired) electrons. The van der Waals surface area contributed by atoms with E-state index in [0.29, 0.717) is 6.04 Å². The van der Waals surface area contributed by atoms with E-state index in [4.69, 9.17) is 0 Å². The lowest BCUT2D eigenvalue weighted by Gasteiger charge is -2.28. The predicted octanol–water partition coefficient (Wildman–Crippen LogP) is 3.98. The lowest BCUT2D eigenvalue weighted by molar-refractivity contribution is 0.217. The van der Waals surface area contributed by atoms with E-state index in [2.05, 4.69) is 57.3 Å². The first kappa shape index (κ1) is 15.0. The molecule has 106 valence electrons. The average molecular weight is 325 g/mol. The molecule has 2 nitrogen and oxygen atoms in total. The summed E-state index contributed by atoms with van der Waals surface area (Å²) in [5, 5.41) is 3.62. The third-order valence-corrected chi connectivity index (χ3v) is 4.43. The fourth-order valence-corrected chi connectivity index (χ4v) is 3.09. The van der Waals surface area contributed by atoms with Crippen molar-refractivity contribution < 1.29 is 0 Å². The highest BCUT2D eigenvalue weighted by Crippen LogP contribution is 2.21. The fourth-order valence-electron chi connectivity index (χ4n) is 2.82. The lowest BCUT2D eigenvalue weighted by atomic mass is 10.0. The Balaban J connectivity index is 1.89. The Hall–Kier alpha value is -0.380. The summed E-state index contributed by atoms with van der Waals surface area (Å²) in [7, 11) is 0. The van der Waals surface area contributed by atoms with Gasteiger partial charge in [0.2, 0.25) is 0 Å². The van der Waals surface area contributed by atoms with Gasteiger partial charge < -0.3 is 10.2 Å². The summed E-state index contributed by atoms with van der Waals surface area (Å²) in [6, 6.07) is 9.22. The van der Waals surface area contributed by atoms with Crippen molar-refractivity contribution in [2.75, 3.05) is 26.2 Å². The third kappa shape index (κ3) is 4.90. The molecule has 1 saturated heterocycles. The van der Waals surface area contributed by atoms with Crippen LogP contribution in [0.3, 0.4) is 0 Å². The molecule has 1 aliphatic heterocycles. The quantitative estimate of drug-likeness (QED) is 0.851. The molecule has 3 heteroatoms. The molecule has 2 rings (SSSR count). The second-order valence-electron chi connectivity index (χ2n) is 5.35. The van der Waals surface area contributed by atoms with E-state index in [-0.39, 0.29) is 0 Å². The van der Waals surface area contributed by atoms with Crippen LogP contribution in [0.25, 0.3) is 0 Å². The van der Waals surface area contributed by atoms with Gasteiger partial charge in [0.1, 0.15) is 0 Å². The molecule has 0 saturated carbocycles. The molecular formula is C16H25BrN2. The maximum atomic E-state index is 3.62. The molecule has 19 heavy (non-hydrogen) atoms. The molecule has 0 amide bonds. The van der Waals surface area contributed by atoms with Gasteiger partial charge in [-0.3, -0.25) is 0 Å². The largest absolute Gasteiger partial charge is 0.310 e. The van der Waals surface area contributed by atoms with Gasteiger partial charge in [-0.1, -0.05) is 41.4 Å². The van der Waals surface area contributed by atoms with Crippen LogP contribution >= 0.6 is 15.9 Å². The summed E-state index contributed by atoms with van der Waals surface area (Å²) >= 11 is 3.51. The van der Waals surface area contributed by atoms with Gasteiger partial charge in [0.05, 0.1) is 0 Å². The van der Waals surface area contributed by atoms with E-state index in [0.717, 1.165) is 11.0 Å². The Morgan fingerprint density at radius 2 is 1.84 bits per heavy atom. The van der Waals surface area contributed by atoms with Gasteiger partial charge in [-0.2, -0.15) is 0 Å². The van der Waals surface area contributed by atoms with Crippen LogP contribution < -0.4 is 5.32 Å². The van der Waals surface area contributed by atoms with Crippen molar-refractivity contribution in [1.29, 1.82) is 0 Å². The monoisotopic (exact) mass is 324 g/mol. The van der Waals surface area contributed by atoms with E-state index in [1.165, 1.54) is 50.9 Å². The lowest BCUT2D eigenvalue weighted by Crippen LogP contribution is -2.33. The summed E-state index contributed by atoms with van der Waals surface area (Å²) in [6.45, 7) is 7.01. The summed E-state index contributed by atoms with van der Waals surface area (Å²) in [5.74, 6) is 0. The van der Waals surface area contributed by atoms with Crippen LogP contribution in [0.4, 0.5) is 0 Å². The molecule has 0 bridgehead atoms. The highest BCUT2D eigenvalue weighted by molar-refractivity contribution is 9.10.